The lowest BCUT2D eigenvalue weighted by Crippen LogP contribution is -2.14. The van der Waals surface area contributed by atoms with E-state index in [0.29, 0.717) is 0 Å². The van der Waals surface area contributed by atoms with Crippen LogP contribution < -0.4 is 11.0 Å². The van der Waals surface area contributed by atoms with Crippen molar-refractivity contribution in [2.75, 3.05) is 5.32 Å². The van der Waals surface area contributed by atoms with Crippen LogP contribution in [0.2, 0.25) is 0 Å². The maximum Gasteiger partial charge on any atom is 0.330 e. The van der Waals surface area contributed by atoms with E-state index in [2.05, 4.69) is 22.2 Å². The molecule has 20 heavy (non-hydrogen) atoms. The first-order chi connectivity index (χ1) is 9.74. The Morgan fingerprint density at radius 3 is 2.75 bits per heavy atom. The summed E-state index contributed by atoms with van der Waals surface area (Å²) in [7, 11) is 0. The molecule has 0 fully saturated rings. The average molecular weight is 286 g/mol. The summed E-state index contributed by atoms with van der Waals surface area (Å²) in [5.74, 6) is 0. The van der Waals surface area contributed by atoms with Gasteiger partial charge in [0.1, 0.15) is 0 Å². The van der Waals surface area contributed by atoms with Crippen molar-refractivity contribution in [1.29, 1.82) is 0 Å². The first kappa shape index (κ1) is 12.7. The van der Waals surface area contributed by atoms with Gasteiger partial charge in [0.15, 0.2) is 0 Å². The number of hydrogen-bond acceptors (Lipinski definition) is 4. The van der Waals surface area contributed by atoms with Gasteiger partial charge in [0, 0.05) is 23.5 Å². The number of thiazole rings is 1. The normalized spacial score (nSPS) is 12.2. The van der Waals surface area contributed by atoms with Crippen LogP contribution in [0.4, 0.5) is 5.69 Å². The SMILES string of the molecule is CC(Nc1ccc(-n2cc[nH]c2=O)cc1)c1cscn1. The second-order valence-electron chi connectivity index (χ2n) is 4.46. The molecule has 0 amide bonds. The zero-order valence-electron chi connectivity index (χ0n) is 10.9. The molecule has 2 heterocycles. The van der Waals surface area contributed by atoms with E-state index < -0.39 is 0 Å². The van der Waals surface area contributed by atoms with Crippen LogP contribution in [0.3, 0.4) is 0 Å². The van der Waals surface area contributed by atoms with Crippen molar-refractivity contribution in [3.63, 3.8) is 0 Å². The van der Waals surface area contributed by atoms with Crippen molar-refractivity contribution in [3.8, 4) is 5.69 Å². The van der Waals surface area contributed by atoms with Gasteiger partial charge in [0.2, 0.25) is 0 Å². The lowest BCUT2D eigenvalue weighted by atomic mass is 10.2. The van der Waals surface area contributed by atoms with Gasteiger partial charge in [-0.1, -0.05) is 0 Å². The van der Waals surface area contributed by atoms with Gasteiger partial charge in [-0.15, -0.1) is 11.3 Å². The summed E-state index contributed by atoms with van der Waals surface area (Å²) in [5.41, 5.74) is 4.55. The van der Waals surface area contributed by atoms with Gasteiger partial charge < -0.3 is 10.3 Å². The molecule has 0 saturated heterocycles. The molecule has 6 heteroatoms. The summed E-state index contributed by atoms with van der Waals surface area (Å²) in [6.45, 7) is 2.07. The fourth-order valence-corrected chi connectivity index (χ4v) is 2.65. The van der Waals surface area contributed by atoms with Crippen molar-refractivity contribution in [3.05, 3.63) is 63.7 Å². The summed E-state index contributed by atoms with van der Waals surface area (Å²) in [4.78, 5) is 18.4. The maximum absolute atomic E-state index is 11.5. The molecule has 1 unspecified atom stereocenters. The topological polar surface area (TPSA) is 62.7 Å². The molecule has 5 nitrogen and oxygen atoms in total. The molecule has 0 saturated carbocycles. The van der Waals surface area contributed by atoms with Crippen LogP contribution in [0.5, 0.6) is 0 Å². The number of nitrogens with zero attached hydrogens (tertiary/aromatic N) is 2. The van der Waals surface area contributed by atoms with Crippen LogP contribution in [0.15, 0.2) is 52.3 Å². The Bertz CT molecular complexity index is 727. The minimum atomic E-state index is -0.137. The molecule has 0 spiro atoms. The van der Waals surface area contributed by atoms with Gasteiger partial charge in [0.25, 0.3) is 0 Å². The number of benzene rings is 1. The number of nitrogens with one attached hydrogen (secondary N) is 2. The molecule has 102 valence electrons. The number of hydrogen-bond donors (Lipinski definition) is 2. The first-order valence-electron chi connectivity index (χ1n) is 6.25. The molecule has 0 aliphatic rings. The molecule has 0 aliphatic heterocycles. The van der Waals surface area contributed by atoms with Crippen molar-refractivity contribution in [2.24, 2.45) is 0 Å². The fraction of sp³-hybridized carbons (Fsp3) is 0.143. The van der Waals surface area contributed by atoms with Crippen LogP contribution >= 0.6 is 11.3 Å². The lowest BCUT2D eigenvalue weighted by molar-refractivity contribution is 0.850. The van der Waals surface area contributed by atoms with Crippen LogP contribution in [0.1, 0.15) is 18.7 Å². The van der Waals surface area contributed by atoms with E-state index in [1.165, 1.54) is 0 Å². The van der Waals surface area contributed by atoms with E-state index in [1.807, 2.05) is 35.2 Å². The molecule has 3 aromatic rings. The zero-order chi connectivity index (χ0) is 13.9. The Kier molecular flexibility index (Phi) is 3.39. The van der Waals surface area contributed by atoms with Gasteiger partial charge >= 0.3 is 5.69 Å². The van der Waals surface area contributed by atoms with Crippen molar-refractivity contribution in [2.45, 2.75) is 13.0 Å². The van der Waals surface area contributed by atoms with E-state index >= 15 is 0 Å². The Morgan fingerprint density at radius 1 is 1.35 bits per heavy atom. The summed E-state index contributed by atoms with van der Waals surface area (Å²) >= 11 is 1.59. The molecule has 0 radical (unpaired) electrons. The van der Waals surface area contributed by atoms with Crippen LogP contribution in [-0.4, -0.2) is 14.5 Å². The van der Waals surface area contributed by atoms with Crippen LogP contribution in [0, 0.1) is 0 Å². The number of aromatic nitrogens is 3. The Labute approximate surface area is 119 Å². The number of aromatic amines is 1. The second-order valence-corrected chi connectivity index (χ2v) is 5.18. The number of anilines is 1. The summed E-state index contributed by atoms with van der Waals surface area (Å²) in [6.07, 6.45) is 3.33. The highest BCUT2D eigenvalue weighted by atomic mass is 32.1. The van der Waals surface area contributed by atoms with E-state index in [1.54, 1.807) is 28.3 Å². The van der Waals surface area contributed by atoms with Crippen molar-refractivity contribution in [1.82, 2.24) is 14.5 Å². The molecular formula is C14H14N4OS. The minimum absolute atomic E-state index is 0.137. The molecule has 1 atom stereocenters. The van der Waals surface area contributed by atoms with Gasteiger partial charge in [-0.2, -0.15) is 0 Å². The molecule has 0 aliphatic carbocycles. The number of rotatable bonds is 4. The number of imidazole rings is 1. The van der Waals surface area contributed by atoms with Crippen molar-refractivity contribution >= 4 is 17.0 Å². The quantitative estimate of drug-likeness (QED) is 0.775. The smallest absolute Gasteiger partial charge is 0.330 e. The number of H-pyrrole nitrogens is 1. The highest BCUT2D eigenvalue weighted by molar-refractivity contribution is 7.07. The van der Waals surface area contributed by atoms with Crippen LogP contribution in [-0.2, 0) is 0 Å². The molecule has 3 rings (SSSR count). The molecular weight excluding hydrogens is 272 g/mol. The van der Waals surface area contributed by atoms with Crippen molar-refractivity contribution < 1.29 is 0 Å². The second kappa shape index (κ2) is 5.34. The molecule has 2 aromatic heterocycles. The Balaban J connectivity index is 1.77. The van der Waals surface area contributed by atoms with E-state index in [9.17, 15) is 4.79 Å². The third kappa shape index (κ3) is 2.50. The highest BCUT2D eigenvalue weighted by Crippen LogP contribution is 2.20. The van der Waals surface area contributed by atoms with Crippen LogP contribution in [0.25, 0.3) is 5.69 Å². The van der Waals surface area contributed by atoms with Gasteiger partial charge in [-0.25, -0.2) is 9.78 Å². The van der Waals surface area contributed by atoms with E-state index in [-0.39, 0.29) is 11.7 Å². The van der Waals surface area contributed by atoms with Gasteiger partial charge in [0.05, 0.1) is 22.9 Å². The van der Waals surface area contributed by atoms with Gasteiger partial charge in [-0.05, 0) is 31.2 Å². The van der Waals surface area contributed by atoms with Gasteiger partial charge in [-0.3, -0.25) is 4.57 Å². The molecule has 1 aromatic carbocycles. The lowest BCUT2D eigenvalue weighted by Gasteiger charge is -2.13. The minimum Gasteiger partial charge on any atom is -0.377 e. The third-order valence-corrected chi connectivity index (χ3v) is 3.68. The monoisotopic (exact) mass is 286 g/mol. The predicted octanol–water partition coefficient (Wildman–Crippen LogP) is 2.80. The fourth-order valence-electron chi connectivity index (χ4n) is 2.00. The Hall–Kier alpha value is -2.34. The summed E-state index contributed by atoms with van der Waals surface area (Å²) < 4.78 is 1.56. The first-order valence-corrected chi connectivity index (χ1v) is 7.19. The third-order valence-electron chi connectivity index (χ3n) is 3.07. The molecule has 0 bridgehead atoms. The highest BCUT2D eigenvalue weighted by Gasteiger charge is 2.07. The maximum atomic E-state index is 11.5. The largest absolute Gasteiger partial charge is 0.377 e. The summed E-state index contributed by atoms with van der Waals surface area (Å²) in [6, 6.07) is 7.88. The van der Waals surface area contributed by atoms with E-state index in [4.69, 9.17) is 0 Å². The van der Waals surface area contributed by atoms with E-state index in [0.717, 1.165) is 17.1 Å². The molecule has 2 N–H and O–H groups in total. The predicted molar refractivity (Wildman–Crippen MR) is 80.5 cm³/mol. The average Bonchev–Trinajstić information content (AvgIpc) is 3.11. The standard InChI is InChI=1S/C14H14N4OS/c1-10(13-8-20-9-16-13)17-11-2-4-12(5-3-11)18-7-6-15-14(18)19/h2-10,17H,1H3,(H,15,19). The summed E-state index contributed by atoms with van der Waals surface area (Å²) in [5, 5.41) is 5.41. The zero-order valence-corrected chi connectivity index (χ0v) is 11.7. The Morgan fingerprint density at radius 2 is 2.15 bits per heavy atom.